The van der Waals surface area contributed by atoms with Gasteiger partial charge in [-0.1, -0.05) is 26.7 Å². The van der Waals surface area contributed by atoms with Crippen LogP contribution in [0.2, 0.25) is 0 Å². The molecule has 82 valence electrons. The van der Waals surface area contributed by atoms with Crippen molar-refractivity contribution in [2.75, 3.05) is 6.54 Å². The first-order valence-corrected chi connectivity index (χ1v) is 5.61. The largest absolute Gasteiger partial charge is 1.00 e. The minimum atomic E-state index is 0. The molecule has 0 saturated carbocycles. The second-order valence-corrected chi connectivity index (χ2v) is 3.79. The van der Waals surface area contributed by atoms with Crippen LogP contribution in [0.1, 0.15) is 46.0 Å². The molecular weight excluding hydrogens is 194 g/mol. The highest BCUT2D eigenvalue weighted by Gasteiger charge is 2.08. The summed E-state index contributed by atoms with van der Waals surface area (Å²) in [4.78, 5) is 1.54. The third kappa shape index (κ3) is 4.83. The second kappa shape index (κ2) is 8.07. The summed E-state index contributed by atoms with van der Waals surface area (Å²) in [6, 6.07) is 0. The van der Waals surface area contributed by atoms with Gasteiger partial charge in [-0.2, -0.15) is 0 Å². The zero-order chi connectivity index (χ0) is 9.52. The van der Waals surface area contributed by atoms with Gasteiger partial charge in [0, 0.05) is 11.6 Å². The molecule has 1 N–H and O–H groups in total. The monoisotopic (exact) mass is 215 g/mol. The van der Waals surface area contributed by atoms with E-state index in [9.17, 15) is 0 Å². The normalized spacial score (nSPS) is 19.3. The van der Waals surface area contributed by atoms with E-state index in [0.717, 1.165) is 0 Å². The number of hydrogen-bond acceptors (Lipinski definition) is 0. The van der Waals surface area contributed by atoms with E-state index >= 15 is 0 Å². The number of quaternary nitrogens is 1. The van der Waals surface area contributed by atoms with Crippen LogP contribution in [0.4, 0.5) is 0 Å². The molecule has 1 heterocycles. The highest BCUT2D eigenvalue weighted by molar-refractivity contribution is 5.17. The molecule has 1 nitrogen and oxygen atoms in total. The average molecular weight is 216 g/mol. The number of hydrogen-bond donors (Lipinski definition) is 1. The quantitative estimate of drug-likeness (QED) is 0.558. The third-order valence-corrected chi connectivity index (χ3v) is 2.61. The Hall–Kier alpha value is -0.270. The van der Waals surface area contributed by atoms with E-state index in [1.54, 1.807) is 0 Å². The van der Waals surface area contributed by atoms with Gasteiger partial charge >= 0.3 is 0 Å². The minimum Gasteiger partial charge on any atom is -1.00 e. The number of halogens is 1. The number of unbranched alkanes of at least 4 members (excludes halogenated alkanes) is 3. The molecule has 2 heteroatoms. The predicted molar refractivity (Wildman–Crippen MR) is 57.5 cm³/mol. The van der Waals surface area contributed by atoms with Crippen molar-refractivity contribution in [3.05, 3.63) is 24.0 Å². The molecule has 0 saturated heterocycles. The molecule has 0 aromatic heterocycles. The lowest BCUT2D eigenvalue weighted by atomic mass is 10.2. The van der Waals surface area contributed by atoms with Crippen LogP contribution in [-0.2, 0) is 0 Å². The van der Waals surface area contributed by atoms with Gasteiger partial charge in [0.15, 0.2) is 0 Å². The third-order valence-electron chi connectivity index (χ3n) is 2.61. The van der Waals surface area contributed by atoms with E-state index in [2.05, 4.69) is 32.3 Å². The standard InChI is InChI=1S/C12H21N.ClH/c1-3-5-6-7-9-13-10-8-12(4-2)11-13;/h8,10-11H,3-7,9H2,1-2H3;1H. The Bertz CT molecular complexity index is 196. The molecule has 0 aromatic rings. The first-order chi connectivity index (χ1) is 6.36. The van der Waals surface area contributed by atoms with E-state index in [1.165, 1.54) is 49.1 Å². The number of rotatable bonds is 6. The lowest BCUT2D eigenvalue weighted by molar-refractivity contribution is -0.788. The summed E-state index contributed by atoms with van der Waals surface area (Å²) < 4.78 is 0. The van der Waals surface area contributed by atoms with Crippen LogP contribution < -0.4 is 17.3 Å². The first-order valence-electron chi connectivity index (χ1n) is 5.61. The van der Waals surface area contributed by atoms with Gasteiger partial charge in [0.2, 0.25) is 0 Å². The van der Waals surface area contributed by atoms with Crippen molar-refractivity contribution in [1.82, 2.24) is 0 Å². The molecule has 0 spiro atoms. The van der Waals surface area contributed by atoms with Gasteiger partial charge < -0.3 is 12.4 Å². The second-order valence-electron chi connectivity index (χ2n) is 3.79. The zero-order valence-corrected chi connectivity index (χ0v) is 10.1. The maximum Gasteiger partial charge on any atom is 0.102 e. The SMILES string of the molecule is CCCCCC[NH+]1C=CC(CC)=C1.[Cl-]. The average Bonchev–Trinajstić information content (AvgIpc) is 2.60. The predicted octanol–water partition coefficient (Wildman–Crippen LogP) is -0.723. The van der Waals surface area contributed by atoms with Gasteiger partial charge in [0.1, 0.15) is 6.20 Å². The fourth-order valence-corrected chi connectivity index (χ4v) is 1.68. The van der Waals surface area contributed by atoms with Crippen molar-refractivity contribution >= 4 is 0 Å². The van der Waals surface area contributed by atoms with E-state index in [4.69, 9.17) is 0 Å². The van der Waals surface area contributed by atoms with Gasteiger partial charge in [0.05, 0.1) is 12.7 Å². The van der Waals surface area contributed by atoms with Gasteiger partial charge in [0.25, 0.3) is 0 Å². The van der Waals surface area contributed by atoms with Crippen molar-refractivity contribution in [1.29, 1.82) is 0 Å². The number of nitrogens with one attached hydrogen (secondary N) is 1. The Balaban J connectivity index is 0.00000169. The molecule has 14 heavy (non-hydrogen) atoms. The summed E-state index contributed by atoms with van der Waals surface area (Å²) in [7, 11) is 0. The van der Waals surface area contributed by atoms with Crippen LogP contribution in [0, 0.1) is 0 Å². The Kier molecular flexibility index (Phi) is 7.92. The Morgan fingerprint density at radius 2 is 1.93 bits per heavy atom. The maximum atomic E-state index is 2.35. The van der Waals surface area contributed by atoms with Gasteiger partial charge in [-0.3, -0.25) is 4.90 Å². The maximum absolute atomic E-state index is 2.35. The van der Waals surface area contributed by atoms with Crippen molar-refractivity contribution in [3.8, 4) is 0 Å². The summed E-state index contributed by atoms with van der Waals surface area (Å²) in [5, 5.41) is 0. The molecule has 1 unspecified atom stereocenters. The van der Waals surface area contributed by atoms with Crippen molar-refractivity contribution < 1.29 is 17.3 Å². The summed E-state index contributed by atoms with van der Waals surface area (Å²) in [5.41, 5.74) is 1.49. The smallest absolute Gasteiger partial charge is 0.102 e. The molecule has 0 radical (unpaired) electrons. The molecule has 0 fully saturated rings. The Labute approximate surface area is 94.3 Å². The fraction of sp³-hybridized carbons (Fsp3) is 0.667. The fourth-order valence-electron chi connectivity index (χ4n) is 1.68. The molecule has 1 aliphatic rings. The molecule has 1 aliphatic heterocycles. The topological polar surface area (TPSA) is 4.44 Å². The highest BCUT2D eigenvalue weighted by atomic mass is 35.5. The van der Waals surface area contributed by atoms with Crippen LogP contribution >= 0.6 is 0 Å². The molecule has 1 atom stereocenters. The van der Waals surface area contributed by atoms with Crippen LogP contribution in [0.3, 0.4) is 0 Å². The molecule has 0 aromatic carbocycles. The molecule has 0 aliphatic carbocycles. The van der Waals surface area contributed by atoms with Crippen molar-refractivity contribution in [2.45, 2.75) is 46.0 Å². The van der Waals surface area contributed by atoms with Crippen LogP contribution in [-0.4, -0.2) is 6.54 Å². The van der Waals surface area contributed by atoms with Crippen molar-refractivity contribution in [3.63, 3.8) is 0 Å². The Morgan fingerprint density at radius 3 is 2.50 bits per heavy atom. The van der Waals surface area contributed by atoms with Gasteiger partial charge in [-0.15, -0.1) is 0 Å². The summed E-state index contributed by atoms with van der Waals surface area (Å²) in [5.74, 6) is 0. The van der Waals surface area contributed by atoms with Gasteiger partial charge in [-0.25, -0.2) is 0 Å². The summed E-state index contributed by atoms with van der Waals surface area (Å²) in [6.07, 6.45) is 13.5. The highest BCUT2D eigenvalue weighted by Crippen LogP contribution is 2.02. The van der Waals surface area contributed by atoms with E-state index in [-0.39, 0.29) is 12.4 Å². The van der Waals surface area contributed by atoms with Crippen molar-refractivity contribution in [2.24, 2.45) is 0 Å². The van der Waals surface area contributed by atoms with E-state index in [0.29, 0.717) is 0 Å². The minimum absolute atomic E-state index is 0. The lowest BCUT2D eigenvalue weighted by Gasteiger charge is -2.05. The molecule has 0 bridgehead atoms. The summed E-state index contributed by atoms with van der Waals surface area (Å²) >= 11 is 0. The van der Waals surface area contributed by atoms with E-state index < -0.39 is 0 Å². The zero-order valence-electron chi connectivity index (χ0n) is 9.35. The van der Waals surface area contributed by atoms with E-state index in [1.807, 2.05) is 0 Å². The lowest BCUT2D eigenvalue weighted by Crippen LogP contribution is -3.01. The van der Waals surface area contributed by atoms with Crippen LogP contribution in [0.25, 0.3) is 0 Å². The van der Waals surface area contributed by atoms with Crippen LogP contribution in [0.5, 0.6) is 0 Å². The van der Waals surface area contributed by atoms with Gasteiger partial charge in [-0.05, 0) is 19.3 Å². The first kappa shape index (κ1) is 13.7. The molecular formula is C12H22ClN. The van der Waals surface area contributed by atoms with Crippen LogP contribution in [0.15, 0.2) is 24.0 Å². The number of allylic oxidation sites excluding steroid dienone is 2. The Morgan fingerprint density at radius 1 is 1.14 bits per heavy atom. The molecule has 1 rings (SSSR count). The molecule has 0 amide bonds. The summed E-state index contributed by atoms with van der Waals surface area (Å²) in [6.45, 7) is 5.76.